The van der Waals surface area contributed by atoms with E-state index in [2.05, 4.69) is 52.8 Å². The molecule has 7 aromatic rings. The molecule has 1 fully saturated rings. The lowest BCUT2D eigenvalue weighted by atomic mass is 9.78. The van der Waals surface area contributed by atoms with E-state index in [-0.39, 0.29) is 21.9 Å². The molecule has 0 unspecified atom stereocenters. The van der Waals surface area contributed by atoms with Gasteiger partial charge in [0.05, 0.1) is 46.1 Å². The van der Waals surface area contributed by atoms with Gasteiger partial charge in [0.2, 0.25) is 5.82 Å². The van der Waals surface area contributed by atoms with E-state index in [9.17, 15) is 27.7 Å². The number of fused-ring (bicyclic) bond motifs is 3. The van der Waals surface area contributed by atoms with E-state index in [4.69, 9.17) is 9.31 Å². The van der Waals surface area contributed by atoms with Gasteiger partial charge in [-0.2, -0.15) is 4.39 Å². The zero-order valence-corrected chi connectivity index (χ0v) is 34.6. The average Bonchev–Trinajstić information content (AvgIpc) is 3.89. The van der Waals surface area contributed by atoms with Crippen LogP contribution in [0.3, 0.4) is 0 Å². The molecule has 1 aliphatic rings. The molecule has 0 radical (unpaired) electrons. The molecule has 3 aromatic heterocycles. The predicted octanol–water partition coefficient (Wildman–Crippen LogP) is 11.3. The molecule has 1 saturated heterocycles. The Kier molecular flexibility index (Phi) is 12.5. The molecule has 0 saturated carbocycles. The summed E-state index contributed by atoms with van der Waals surface area (Å²) in [5, 5.41) is 12.8. The van der Waals surface area contributed by atoms with Crippen molar-refractivity contribution in [2.24, 2.45) is 14.1 Å². The molecular formula is C38H34BBr3F4N4O4. The molecule has 8 nitrogen and oxygen atoms in total. The summed E-state index contributed by atoms with van der Waals surface area (Å²) in [6.07, 6.45) is 5.42. The van der Waals surface area contributed by atoms with Gasteiger partial charge in [-0.1, -0.05) is 30.3 Å². The number of rotatable bonds is 2. The molecule has 0 bridgehead atoms. The number of aromatic nitrogens is 3. The Morgan fingerprint density at radius 1 is 0.667 bits per heavy atom. The number of nitrogens with zero attached hydrogens (tertiary/aromatic N) is 3. The van der Waals surface area contributed by atoms with Crippen molar-refractivity contribution in [2.45, 2.75) is 38.9 Å². The lowest BCUT2D eigenvalue weighted by molar-refractivity contribution is -0.387. The fourth-order valence-electron chi connectivity index (χ4n) is 5.52. The number of benzene rings is 4. The minimum atomic E-state index is -0.836. The molecule has 0 aliphatic carbocycles. The van der Waals surface area contributed by atoms with E-state index in [0.29, 0.717) is 31.0 Å². The zero-order chi connectivity index (χ0) is 39.7. The second-order valence-corrected chi connectivity index (χ2v) is 15.8. The fourth-order valence-corrected chi connectivity index (χ4v) is 6.53. The van der Waals surface area contributed by atoms with Crippen LogP contribution in [0.2, 0.25) is 0 Å². The first kappa shape index (κ1) is 41.2. The van der Waals surface area contributed by atoms with Gasteiger partial charge in [0.25, 0.3) is 0 Å². The highest BCUT2D eigenvalue weighted by Crippen LogP contribution is 2.37. The maximum absolute atomic E-state index is 14.7. The zero-order valence-electron chi connectivity index (χ0n) is 29.9. The van der Waals surface area contributed by atoms with E-state index in [1.54, 1.807) is 33.5 Å². The van der Waals surface area contributed by atoms with Crippen LogP contribution in [-0.2, 0) is 23.4 Å². The van der Waals surface area contributed by atoms with Gasteiger partial charge in [-0.15, -0.1) is 0 Å². The smallest absolute Gasteiger partial charge is 0.399 e. The van der Waals surface area contributed by atoms with Crippen LogP contribution in [0, 0.1) is 33.4 Å². The first-order valence-electron chi connectivity index (χ1n) is 16.3. The number of nitro groups is 1. The summed E-state index contributed by atoms with van der Waals surface area (Å²) in [4.78, 5) is 12.2. The lowest BCUT2D eigenvalue weighted by Gasteiger charge is -2.32. The van der Waals surface area contributed by atoms with Gasteiger partial charge >= 0.3 is 12.8 Å². The van der Waals surface area contributed by atoms with Crippen molar-refractivity contribution in [3.05, 3.63) is 138 Å². The third-order valence-corrected chi connectivity index (χ3v) is 11.0. The van der Waals surface area contributed by atoms with E-state index in [1.807, 2.05) is 90.6 Å². The molecule has 16 heteroatoms. The monoisotopic (exact) mass is 934 g/mol. The number of nitro benzene ring substituents is 1. The molecule has 4 aromatic carbocycles. The SMILES string of the molecule is Cn1ccc2ccc(B3OC(C)(C)C(C)(C)O3)c(F)c21.Cn1ccc2ccc(Br)c(F)c21.Fc1c(Br)ccc2cc[nH]c12.O=[N+]([O-])c1cccc(Br)c1F. The average molecular weight is 937 g/mol. The number of nitrogens with one attached hydrogen (secondary N) is 1. The Morgan fingerprint density at radius 3 is 1.72 bits per heavy atom. The van der Waals surface area contributed by atoms with E-state index >= 15 is 0 Å². The van der Waals surface area contributed by atoms with E-state index in [0.717, 1.165) is 22.2 Å². The third kappa shape index (κ3) is 8.47. The Hall–Kier alpha value is -3.96. The number of H-pyrrole nitrogens is 1. The van der Waals surface area contributed by atoms with E-state index in [1.165, 1.54) is 12.1 Å². The second kappa shape index (κ2) is 16.4. The van der Waals surface area contributed by atoms with Crippen LogP contribution in [-0.4, -0.2) is 37.4 Å². The van der Waals surface area contributed by atoms with E-state index < -0.39 is 34.7 Å². The van der Waals surface area contributed by atoms with Crippen molar-refractivity contribution in [3.8, 4) is 0 Å². The van der Waals surface area contributed by atoms with Crippen molar-refractivity contribution in [3.63, 3.8) is 0 Å². The highest BCUT2D eigenvalue weighted by atomic mass is 79.9. The van der Waals surface area contributed by atoms with Crippen LogP contribution in [0.5, 0.6) is 0 Å². The normalized spacial score (nSPS) is 14.3. The maximum atomic E-state index is 14.7. The van der Waals surface area contributed by atoms with Crippen LogP contribution in [0.15, 0.2) is 105 Å². The summed E-state index contributed by atoms with van der Waals surface area (Å²) in [5.74, 6) is -1.53. The Bertz CT molecular complexity index is 2470. The quantitative estimate of drug-likeness (QED) is 0.0810. The molecule has 0 atom stereocenters. The second-order valence-electron chi connectivity index (χ2n) is 13.3. The summed E-state index contributed by atoms with van der Waals surface area (Å²) >= 11 is 9.09. The van der Waals surface area contributed by atoms with Gasteiger partial charge < -0.3 is 23.4 Å². The number of hydrogen-bond donors (Lipinski definition) is 1. The van der Waals surface area contributed by atoms with Crippen molar-refractivity contribution in [1.82, 2.24) is 14.1 Å². The molecular weight excluding hydrogens is 903 g/mol. The Labute approximate surface area is 334 Å². The first-order valence-corrected chi connectivity index (χ1v) is 18.7. The molecule has 8 rings (SSSR count). The maximum Gasteiger partial charge on any atom is 0.497 e. The van der Waals surface area contributed by atoms with Crippen LogP contribution in [0.25, 0.3) is 32.7 Å². The van der Waals surface area contributed by atoms with Crippen molar-refractivity contribution >= 4 is 98.8 Å². The number of hydrogen-bond acceptors (Lipinski definition) is 4. The molecule has 1 aliphatic heterocycles. The fraction of sp³-hybridized carbons (Fsp3) is 0.211. The summed E-state index contributed by atoms with van der Waals surface area (Å²) in [6, 6.07) is 20.4. The van der Waals surface area contributed by atoms with Crippen molar-refractivity contribution in [1.29, 1.82) is 0 Å². The van der Waals surface area contributed by atoms with Crippen molar-refractivity contribution < 1.29 is 31.8 Å². The van der Waals surface area contributed by atoms with Crippen LogP contribution in [0.4, 0.5) is 23.2 Å². The molecule has 0 amide bonds. The minimum Gasteiger partial charge on any atom is -0.399 e. The number of halogens is 7. The van der Waals surface area contributed by atoms with Crippen molar-refractivity contribution in [2.75, 3.05) is 0 Å². The highest BCUT2D eigenvalue weighted by molar-refractivity contribution is 9.11. The highest BCUT2D eigenvalue weighted by Gasteiger charge is 2.52. The largest absolute Gasteiger partial charge is 0.497 e. The molecule has 0 spiro atoms. The summed E-state index contributed by atoms with van der Waals surface area (Å²) < 4.78 is 70.6. The molecule has 54 heavy (non-hydrogen) atoms. The number of aromatic amines is 1. The predicted molar refractivity (Wildman–Crippen MR) is 216 cm³/mol. The minimum absolute atomic E-state index is 0.103. The Morgan fingerprint density at radius 2 is 1.17 bits per heavy atom. The van der Waals surface area contributed by atoms with Gasteiger partial charge in [-0.05, 0) is 112 Å². The molecule has 4 heterocycles. The van der Waals surface area contributed by atoms with Gasteiger partial charge in [-0.3, -0.25) is 10.1 Å². The first-order chi connectivity index (χ1) is 25.3. The summed E-state index contributed by atoms with van der Waals surface area (Å²) in [5.41, 5.74) is 0.791. The molecule has 282 valence electrons. The third-order valence-electron chi connectivity index (χ3n) is 9.19. The number of aryl methyl sites for hydroxylation is 2. The summed E-state index contributed by atoms with van der Waals surface area (Å²) in [7, 11) is 3.00. The van der Waals surface area contributed by atoms with Gasteiger partial charge in [-0.25, -0.2) is 13.2 Å². The van der Waals surface area contributed by atoms with Gasteiger partial charge in [0, 0.05) is 60.4 Å². The van der Waals surface area contributed by atoms with Crippen LogP contribution >= 0.6 is 47.8 Å². The topological polar surface area (TPSA) is 87.2 Å². The Balaban J connectivity index is 0.000000144. The van der Waals surface area contributed by atoms with Crippen LogP contribution < -0.4 is 5.46 Å². The van der Waals surface area contributed by atoms with Gasteiger partial charge in [0.1, 0.15) is 5.82 Å². The van der Waals surface area contributed by atoms with Gasteiger partial charge in [0.15, 0.2) is 11.6 Å². The molecule has 1 N–H and O–H groups in total. The summed E-state index contributed by atoms with van der Waals surface area (Å²) in [6.45, 7) is 7.86. The van der Waals surface area contributed by atoms with Crippen LogP contribution in [0.1, 0.15) is 27.7 Å². The standard InChI is InChI=1S/C15H19BFNO2.C9H7BrFN.C8H5BrFN.C6H3BrFNO2/c1-14(2)15(3,4)20-16(19-14)11-7-6-10-8-9-18(5)13(10)12(11)17;1-12-5-4-6-2-3-7(10)8(11)9(6)12;9-6-2-1-5-3-4-11-8(5)7(6)10;7-4-2-1-3-5(6(4)8)9(10)11/h6-9H,1-5H3;2-5H,1H3;1-4,11H;1-3H. The lowest BCUT2D eigenvalue weighted by Crippen LogP contribution is -2.41.